The number of hydrogen-bond donors (Lipinski definition) is 1. The molecule has 0 heterocycles. The van der Waals surface area contributed by atoms with E-state index < -0.39 is 0 Å². The molecule has 0 amide bonds. The Balaban J connectivity index is 2.14. The van der Waals surface area contributed by atoms with Crippen molar-refractivity contribution in [1.29, 1.82) is 0 Å². The lowest BCUT2D eigenvalue weighted by atomic mass is 10.1. The van der Waals surface area contributed by atoms with Gasteiger partial charge in [-0.15, -0.1) is 0 Å². The predicted molar refractivity (Wildman–Crippen MR) is 93.1 cm³/mol. The molecule has 21 heavy (non-hydrogen) atoms. The number of ether oxygens (including phenoxy) is 1. The van der Waals surface area contributed by atoms with E-state index in [0.29, 0.717) is 0 Å². The summed E-state index contributed by atoms with van der Waals surface area (Å²) in [5.74, 6) is 0.935. The van der Waals surface area contributed by atoms with Gasteiger partial charge in [-0.3, -0.25) is 0 Å². The van der Waals surface area contributed by atoms with E-state index >= 15 is 0 Å². The molecule has 0 unspecified atom stereocenters. The van der Waals surface area contributed by atoms with Crippen LogP contribution in [-0.2, 0) is 6.54 Å². The van der Waals surface area contributed by atoms with Crippen molar-refractivity contribution >= 4 is 21.6 Å². The standard InChI is InChI=1S/C18H22BrNO/c1-12(2)21-18-8-6-16(19)10-15(18)11-20-17-7-5-13(3)14(4)9-17/h5-10,12,20H,11H2,1-4H3. The Morgan fingerprint density at radius 3 is 2.48 bits per heavy atom. The molecule has 0 spiro atoms. The van der Waals surface area contributed by atoms with Crippen LogP contribution in [0.4, 0.5) is 5.69 Å². The minimum atomic E-state index is 0.173. The molecule has 0 aliphatic carbocycles. The van der Waals surface area contributed by atoms with E-state index in [9.17, 15) is 0 Å². The number of rotatable bonds is 5. The molecule has 1 N–H and O–H groups in total. The average Bonchev–Trinajstić information content (AvgIpc) is 2.42. The van der Waals surface area contributed by atoms with Gasteiger partial charge in [0.15, 0.2) is 0 Å². The second kappa shape index (κ2) is 6.99. The molecule has 0 aliphatic heterocycles. The zero-order chi connectivity index (χ0) is 15.4. The monoisotopic (exact) mass is 347 g/mol. The Labute approximate surface area is 135 Å². The first-order valence-corrected chi connectivity index (χ1v) is 8.01. The molecule has 2 aromatic rings. The smallest absolute Gasteiger partial charge is 0.124 e. The Kier molecular flexibility index (Phi) is 5.29. The second-order valence-corrected chi connectivity index (χ2v) is 6.49. The molecule has 0 aliphatic rings. The zero-order valence-electron chi connectivity index (χ0n) is 13.0. The summed E-state index contributed by atoms with van der Waals surface area (Å²) >= 11 is 3.53. The maximum atomic E-state index is 5.87. The first-order chi connectivity index (χ1) is 9.95. The van der Waals surface area contributed by atoms with Gasteiger partial charge in [-0.2, -0.15) is 0 Å². The van der Waals surface area contributed by atoms with Gasteiger partial charge in [0, 0.05) is 22.3 Å². The molecular weight excluding hydrogens is 326 g/mol. The predicted octanol–water partition coefficient (Wildman–Crippen LogP) is 5.47. The Hall–Kier alpha value is -1.48. The summed E-state index contributed by atoms with van der Waals surface area (Å²) in [5.41, 5.74) is 4.89. The maximum Gasteiger partial charge on any atom is 0.124 e. The summed E-state index contributed by atoms with van der Waals surface area (Å²) in [5, 5.41) is 3.47. The lowest BCUT2D eigenvalue weighted by Crippen LogP contribution is -2.09. The topological polar surface area (TPSA) is 21.3 Å². The van der Waals surface area contributed by atoms with E-state index in [1.165, 1.54) is 11.1 Å². The first kappa shape index (κ1) is 15.9. The van der Waals surface area contributed by atoms with Gasteiger partial charge in [-0.05, 0) is 69.2 Å². The van der Waals surface area contributed by atoms with Gasteiger partial charge in [0.25, 0.3) is 0 Å². The van der Waals surface area contributed by atoms with Crippen LogP contribution in [0.25, 0.3) is 0 Å². The lowest BCUT2D eigenvalue weighted by molar-refractivity contribution is 0.240. The Morgan fingerprint density at radius 1 is 1.05 bits per heavy atom. The molecule has 0 saturated carbocycles. The van der Waals surface area contributed by atoms with Crippen LogP contribution in [0.1, 0.15) is 30.5 Å². The highest BCUT2D eigenvalue weighted by Crippen LogP contribution is 2.25. The van der Waals surface area contributed by atoms with Crippen LogP contribution in [0.2, 0.25) is 0 Å². The minimum absolute atomic E-state index is 0.173. The van der Waals surface area contributed by atoms with Crippen LogP contribution >= 0.6 is 15.9 Å². The molecule has 0 fully saturated rings. The molecule has 112 valence electrons. The molecule has 2 rings (SSSR count). The molecule has 0 radical (unpaired) electrons. The Bertz CT molecular complexity index is 623. The molecule has 2 nitrogen and oxygen atoms in total. The normalized spacial score (nSPS) is 10.8. The third kappa shape index (κ3) is 4.50. The van der Waals surface area contributed by atoms with Crippen LogP contribution in [-0.4, -0.2) is 6.10 Å². The van der Waals surface area contributed by atoms with Crippen LogP contribution < -0.4 is 10.1 Å². The van der Waals surface area contributed by atoms with Crippen molar-refractivity contribution in [2.75, 3.05) is 5.32 Å². The third-order valence-corrected chi connectivity index (χ3v) is 3.87. The van der Waals surface area contributed by atoms with E-state index in [4.69, 9.17) is 4.74 Å². The van der Waals surface area contributed by atoms with Crippen molar-refractivity contribution < 1.29 is 4.74 Å². The third-order valence-electron chi connectivity index (χ3n) is 3.38. The highest BCUT2D eigenvalue weighted by atomic mass is 79.9. The van der Waals surface area contributed by atoms with Gasteiger partial charge < -0.3 is 10.1 Å². The fraction of sp³-hybridized carbons (Fsp3) is 0.333. The van der Waals surface area contributed by atoms with E-state index in [-0.39, 0.29) is 6.10 Å². The second-order valence-electron chi connectivity index (χ2n) is 5.57. The van der Waals surface area contributed by atoms with Crippen LogP contribution in [0.15, 0.2) is 40.9 Å². The van der Waals surface area contributed by atoms with E-state index in [1.54, 1.807) is 0 Å². The van der Waals surface area contributed by atoms with Gasteiger partial charge >= 0.3 is 0 Å². The summed E-state index contributed by atoms with van der Waals surface area (Å²) in [6.45, 7) is 9.09. The summed E-state index contributed by atoms with van der Waals surface area (Å²) in [6.07, 6.45) is 0.173. The minimum Gasteiger partial charge on any atom is -0.491 e. The number of benzene rings is 2. The fourth-order valence-electron chi connectivity index (χ4n) is 2.10. The van der Waals surface area contributed by atoms with Crippen molar-refractivity contribution in [3.05, 3.63) is 57.6 Å². The van der Waals surface area contributed by atoms with Crippen molar-refractivity contribution in [1.82, 2.24) is 0 Å². The number of halogens is 1. The molecule has 2 aromatic carbocycles. The van der Waals surface area contributed by atoms with Crippen LogP contribution in [0, 0.1) is 13.8 Å². The van der Waals surface area contributed by atoms with Crippen molar-refractivity contribution in [3.63, 3.8) is 0 Å². The van der Waals surface area contributed by atoms with Gasteiger partial charge in [-0.1, -0.05) is 22.0 Å². The SMILES string of the molecule is Cc1ccc(NCc2cc(Br)ccc2OC(C)C)cc1C. The number of hydrogen-bond acceptors (Lipinski definition) is 2. The highest BCUT2D eigenvalue weighted by molar-refractivity contribution is 9.10. The maximum absolute atomic E-state index is 5.87. The van der Waals surface area contributed by atoms with Gasteiger partial charge in [0.2, 0.25) is 0 Å². The zero-order valence-corrected chi connectivity index (χ0v) is 14.6. The lowest BCUT2D eigenvalue weighted by Gasteiger charge is -2.16. The molecule has 3 heteroatoms. The first-order valence-electron chi connectivity index (χ1n) is 7.22. The van der Waals surface area contributed by atoms with Crippen molar-refractivity contribution in [2.45, 2.75) is 40.3 Å². The summed E-state index contributed by atoms with van der Waals surface area (Å²) in [4.78, 5) is 0. The average molecular weight is 348 g/mol. The highest BCUT2D eigenvalue weighted by Gasteiger charge is 2.07. The number of anilines is 1. The number of nitrogens with one attached hydrogen (secondary N) is 1. The summed E-state index contributed by atoms with van der Waals surface area (Å²) in [7, 11) is 0. The summed E-state index contributed by atoms with van der Waals surface area (Å²) < 4.78 is 6.94. The van der Waals surface area contributed by atoms with Gasteiger partial charge in [0.05, 0.1) is 6.10 Å². The van der Waals surface area contributed by atoms with E-state index in [0.717, 1.165) is 28.0 Å². The molecule has 0 saturated heterocycles. The van der Waals surface area contributed by atoms with Crippen molar-refractivity contribution in [2.24, 2.45) is 0 Å². The quantitative estimate of drug-likeness (QED) is 0.774. The largest absolute Gasteiger partial charge is 0.491 e. The molecule has 0 aromatic heterocycles. The summed E-state index contributed by atoms with van der Waals surface area (Å²) in [6, 6.07) is 12.6. The molecule has 0 bridgehead atoms. The van der Waals surface area contributed by atoms with Gasteiger partial charge in [0.1, 0.15) is 5.75 Å². The number of aryl methyl sites for hydroxylation is 2. The van der Waals surface area contributed by atoms with E-state index in [1.807, 2.05) is 26.0 Å². The van der Waals surface area contributed by atoms with Crippen molar-refractivity contribution in [3.8, 4) is 5.75 Å². The van der Waals surface area contributed by atoms with Crippen LogP contribution in [0.5, 0.6) is 5.75 Å². The molecular formula is C18H22BrNO. The molecule has 0 atom stereocenters. The Morgan fingerprint density at radius 2 is 1.81 bits per heavy atom. The fourth-order valence-corrected chi connectivity index (χ4v) is 2.51. The van der Waals surface area contributed by atoms with Crippen LogP contribution in [0.3, 0.4) is 0 Å². The van der Waals surface area contributed by atoms with E-state index in [2.05, 4.69) is 59.4 Å². The van der Waals surface area contributed by atoms with Gasteiger partial charge in [-0.25, -0.2) is 0 Å².